The minimum Gasteiger partial charge on any atom is -0.187 e. The maximum Gasteiger partial charge on any atom is 0.330 e. The molecule has 0 atom stereocenters. The van der Waals surface area contributed by atoms with Crippen LogP contribution in [0.5, 0.6) is 0 Å². The van der Waals surface area contributed by atoms with Crippen molar-refractivity contribution in [2.45, 2.75) is 38.5 Å². The zero-order valence-corrected chi connectivity index (χ0v) is 10.5. The van der Waals surface area contributed by atoms with E-state index in [-0.39, 0.29) is 5.57 Å². The lowest BCUT2D eigenvalue weighted by Gasteiger charge is -2.16. The fourth-order valence-electron chi connectivity index (χ4n) is 1.97. The Balaban J connectivity index is 2.32. The molecule has 0 fully saturated rings. The second-order valence-corrected chi connectivity index (χ2v) is 4.66. The lowest BCUT2D eigenvalue weighted by atomic mass is 9.96. The smallest absolute Gasteiger partial charge is 0.187 e. The Bertz CT molecular complexity index is 498. The van der Waals surface area contributed by atoms with Crippen LogP contribution in [0.25, 0.3) is 6.08 Å². The van der Waals surface area contributed by atoms with Crippen LogP contribution in [0.2, 0.25) is 0 Å². The normalized spacial score (nSPS) is 20.7. The molecule has 1 aliphatic rings. The highest BCUT2D eigenvalue weighted by Gasteiger charge is 2.31. The molecular weight excluding hydrogens is 230 g/mol. The molecule has 2 heteroatoms. The Hall–Kier alpha value is -1.62. The molecule has 0 N–H and O–H groups in total. The quantitative estimate of drug-likeness (QED) is 0.636. The summed E-state index contributed by atoms with van der Waals surface area (Å²) in [5.41, 5.74) is 2.08. The molecule has 1 aromatic carbocycles. The molecule has 0 aliphatic heterocycles. The van der Waals surface area contributed by atoms with Crippen LogP contribution in [0, 0.1) is 18.8 Å². The second-order valence-electron chi connectivity index (χ2n) is 4.66. The number of aryl methyl sites for hydroxylation is 1. The van der Waals surface area contributed by atoms with Gasteiger partial charge in [-0.05, 0) is 43.7 Å². The molecule has 2 rings (SSSR count). The molecule has 0 saturated carbocycles. The summed E-state index contributed by atoms with van der Waals surface area (Å²) in [6.07, 6.45) is 4.26. The van der Waals surface area contributed by atoms with Gasteiger partial charge in [0.2, 0.25) is 0 Å². The summed E-state index contributed by atoms with van der Waals surface area (Å²) in [7, 11) is 0. The minimum absolute atomic E-state index is 0.138. The van der Waals surface area contributed by atoms with Crippen LogP contribution in [0.1, 0.15) is 36.8 Å². The van der Waals surface area contributed by atoms with Gasteiger partial charge >= 0.3 is 5.92 Å². The van der Waals surface area contributed by atoms with Crippen molar-refractivity contribution in [3.05, 3.63) is 41.0 Å². The summed E-state index contributed by atoms with van der Waals surface area (Å²) >= 11 is 0. The molecule has 0 radical (unpaired) electrons. The summed E-state index contributed by atoms with van der Waals surface area (Å²) in [5, 5.41) is 0. The zero-order chi connectivity index (χ0) is 13.0. The van der Waals surface area contributed by atoms with Gasteiger partial charge in [0.15, 0.2) is 0 Å². The second kappa shape index (κ2) is 5.35. The molecule has 0 nitrogen and oxygen atoms in total. The van der Waals surface area contributed by atoms with Gasteiger partial charge in [0, 0.05) is 12.0 Å². The first-order chi connectivity index (χ1) is 8.58. The van der Waals surface area contributed by atoms with E-state index in [2.05, 4.69) is 11.8 Å². The van der Waals surface area contributed by atoms with Gasteiger partial charge in [-0.25, -0.2) is 0 Å². The molecule has 94 valence electrons. The molecule has 0 bridgehead atoms. The summed E-state index contributed by atoms with van der Waals surface area (Å²) < 4.78 is 27.7. The van der Waals surface area contributed by atoms with Gasteiger partial charge in [0.1, 0.15) is 0 Å². The zero-order valence-electron chi connectivity index (χ0n) is 10.5. The van der Waals surface area contributed by atoms with E-state index in [9.17, 15) is 8.78 Å². The van der Waals surface area contributed by atoms with Crippen molar-refractivity contribution in [3.63, 3.8) is 0 Å². The van der Waals surface area contributed by atoms with E-state index in [0.29, 0.717) is 12.8 Å². The van der Waals surface area contributed by atoms with Gasteiger partial charge in [0.05, 0.1) is 0 Å². The number of hydrogen-bond donors (Lipinski definition) is 0. The summed E-state index contributed by atoms with van der Waals surface area (Å²) in [5.74, 6) is 1.67. The molecule has 0 aromatic heterocycles. The fourth-order valence-corrected chi connectivity index (χ4v) is 1.97. The van der Waals surface area contributed by atoms with E-state index >= 15 is 0 Å². The highest BCUT2D eigenvalue weighted by Crippen LogP contribution is 2.31. The molecule has 18 heavy (non-hydrogen) atoms. The predicted octanol–water partition coefficient (Wildman–Crippen LogP) is 4.59. The van der Waals surface area contributed by atoms with Crippen molar-refractivity contribution in [3.8, 4) is 11.8 Å². The standard InChI is InChI=1S/C16H16F2/c1-13-7-9-14(10-8-13)12-15-6-4-2-3-5-11-16(15,17)18/h7-10,12H,2-4,6H2,1H3/b15-12+. The minimum atomic E-state index is -2.98. The van der Waals surface area contributed by atoms with Crippen LogP contribution in [0.4, 0.5) is 8.78 Å². The van der Waals surface area contributed by atoms with Gasteiger partial charge < -0.3 is 0 Å². The molecule has 0 saturated heterocycles. The van der Waals surface area contributed by atoms with Crippen LogP contribution in [0.15, 0.2) is 29.8 Å². The third kappa shape index (κ3) is 3.20. The molecule has 0 spiro atoms. The van der Waals surface area contributed by atoms with Crippen LogP contribution in [0.3, 0.4) is 0 Å². The summed E-state index contributed by atoms with van der Waals surface area (Å²) in [6, 6.07) is 7.59. The van der Waals surface area contributed by atoms with Gasteiger partial charge in [-0.15, -0.1) is 0 Å². The number of rotatable bonds is 1. The number of alkyl halides is 2. The average molecular weight is 246 g/mol. The number of hydrogen-bond acceptors (Lipinski definition) is 0. The Kier molecular flexibility index (Phi) is 3.81. The van der Waals surface area contributed by atoms with E-state index in [0.717, 1.165) is 24.0 Å². The van der Waals surface area contributed by atoms with E-state index in [1.165, 1.54) is 0 Å². The van der Waals surface area contributed by atoms with Crippen molar-refractivity contribution in [2.75, 3.05) is 0 Å². The Morgan fingerprint density at radius 3 is 2.61 bits per heavy atom. The van der Waals surface area contributed by atoms with Crippen LogP contribution < -0.4 is 0 Å². The van der Waals surface area contributed by atoms with Crippen LogP contribution in [-0.2, 0) is 0 Å². The fraction of sp³-hybridized carbons (Fsp3) is 0.375. The lowest BCUT2D eigenvalue weighted by molar-refractivity contribution is 0.104. The van der Waals surface area contributed by atoms with Crippen LogP contribution >= 0.6 is 0 Å². The highest BCUT2D eigenvalue weighted by atomic mass is 19.3. The van der Waals surface area contributed by atoms with Gasteiger partial charge in [-0.2, -0.15) is 8.78 Å². The Morgan fingerprint density at radius 2 is 1.89 bits per heavy atom. The topological polar surface area (TPSA) is 0 Å². The molecule has 0 amide bonds. The van der Waals surface area contributed by atoms with E-state index in [1.54, 1.807) is 6.08 Å². The average Bonchev–Trinajstić information content (AvgIpc) is 2.32. The van der Waals surface area contributed by atoms with Gasteiger partial charge in [-0.3, -0.25) is 0 Å². The Labute approximate surface area is 107 Å². The van der Waals surface area contributed by atoms with Crippen molar-refractivity contribution < 1.29 is 8.78 Å². The monoisotopic (exact) mass is 246 g/mol. The summed E-state index contributed by atoms with van der Waals surface area (Å²) in [4.78, 5) is 0. The SMILES string of the molecule is Cc1ccc(/C=C2\CCCCC#CC2(F)F)cc1. The maximum atomic E-state index is 13.8. The summed E-state index contributed by atoms with van der Waals surface area (Å²) in [6.45, 7) is 1.98. The van der Waals surface area contributed by atoms with Crippen LogP contribution in [-0.4, -0.2) is 5.92 Å². The first kappa shape index (κ1) is 12.8. The van der Waals surface area contributed by atoms with Gasteiger partial charge in [-0.1, -0.05) is 35.7 Å². The first-order valence-corrected chi connectivity index (χ1v) is 6.23. The molecular formula is C16H16F2. The molecule has 0 unspecified atom stereocenters. The Morgan fingerprint density at radius 1 is 1.17 bits per heavy atom. The maximum absolute atomic E-state index is 13.8. The number of benzene rings is 1. The predicted molar refractivity (Wildman–Crippen MR) is 70.3 cm³/mol. The third-order valence-electron chi connectivity index (χ3n) is 3.06. The molecule has 1 aromatic rings. The van der Waals surface area contributed by atoms with Crippen molar-refractivity contribution in [1.29, 1.82) is 0 Å². The van der Waals surface area contributed by atoms with E-state index < -0.39 is 5.92 Å². The van der Waals surface area contributed by atoms with Crippen molar-refractivity contribution in [2.24, 2.45) is 0 Å². The molecule has 0 heterocycles. The largest absolute Gasteiger partial charge is 0.330 e. The lowest BCUT2D eigenvalue weighted by Crippen LogP contribution is -2.17. The van der Waals surface area contributed by atoms with E-state index in [1.807, 2.05) is 31.2 Å². The number of halogens is 2. The first-order valence-electron chi connectivity index (χ1n) is 6.23. The third-order valence-corrected chi connectivity index (χ3v) is 3.06. The van der Waals surface area contributed by atoms with Gasteiger partial charge in [0.25, 0.3) is 0 Å². The van der Waals surface area contributed by atoms with Crippen molar-refractivity contribution >= 4 is 6.08 Å². The number of allylic oxidation sites excluding steroid dienone is 1. The van der Waals surface area contributed by atoms with Crippen molar-refractivity contribution in [1.82, 2.24) is 0 Å². The highest BCUT2D eigenvalue weighted by molar-refractivity contribution is 5.56. The van der Waals surface area contributed by atoms with E-state index in [4.69, 9.17) is 0 Å². The molecule has 1 aliphatic carbocycles.